The van der Waals surface area contributed by atoms with Gasteiger partial charge in [-0.15, -0.1) is 0 Å². The van der Waals surface area contributed by atoms with Crippen molar-refractivity contribution in [3.05, 3.63) is 36.4 Å². The molecule has 0 radical (unpaired) electrons. The third-order valence-electron chi connectivity index (χ3n) is 2.37. The molecule has 0 aromatic carbocycles. The molecule has 0 bridgehead atoms. The Kier molecular flexibility index (Phi) is 3.21. The summed E-state index contributed by atoms with van der Waals surface area (Å²) in [5.41, 5.74) is 6.12. The van der Waals surface area contributed by atoms with E-state index in [1.54, 1.807) is 12.1 Å². The first-order valence-electron chi connectivity index (χ1n) is 5.11. The highest BCUT2D eigenvalue weighted by Gasteiger charge is 2.14. The summed E-state index contributed by atoms with van der Waals surface area (Å²) in [6, 6.07) is 3.25. The Balaban J connectivity index is 2.57. The van der Waals surface area contributed by atoms with E-state index in [1.165, 1.54) is 23.3 Å². The summed E-state index contributed by atoms with van der Waals surface area (Å²) in [4.78, 5) is 4.04. The van der Waals surface area contributed by atoms with Crippen LogP contribution in [-0.2, 0) is 9.84 Å². The van der Waals surface area contributed by atoms with Gasteiger partial charge in [-0.25, -0.2) is 13.1 Å². The molecule has 0 aliphatic carbocycles. The smallest absolute Gasteiger partial charge is 0.190 e. The summed E-state index contributed by atoms with van der Waals surface area (Å²) in [5, 5.41) is 15.5. The Morgan fingerprint density at radius 1 is 1.53 bits per heavy atom. The summed E-state index contributed by atoms with van der Waals surface area (Å²) in [5.74, 6) is -0.188. The fraction of sp³-hybridized carbons (Fsp3) is 0.100. The van der Waals surface area contributed by atoms with Crippen LogP contribution in [0.5, 0.6) is 0 Å². The van der Waals surface area contributed by atoms with Crippen molar-refractivity contribution in [1.82, 2.24) is 14.8 Å². The minimum atomic E-state index is -3.34. The zero-order valence-corrected chi connectivity index (χ0v) is 10.7. The monoisotopic (exact) mass is 281 g/mol. The van der Waals surface area contributed by atoms with Crippen LogP contribution in [0, 0.1) is 0 Å². The molecule has 0 aliphatic rings. The van der Waals surface area contributed by atoms with Crippen LogP contribution in [0.15, 0.2) is 40.8 Å². The van der Waals surface area contributed by atoms with Gasteiger partial charge in [0.1, 0.15) is 10.6 Å². The highest BCUT2D eigenvalue weighted by molar-refractivity contribution is 7.90. The molecule has 0 aliphatic heterocycles. The normalized spacial score (nSPS) is 12.6. The van der Waals surface area contributed by atoms with Crippen molar-refractivity contribution < 1.29 is 13.6 Å². The van der Waals surface area contributed by atoms with Gasteiger partial charge in [0.25, 0.3) is 0 Å². The predicted octanol–water partition coefficient (Wildman–Crippen LogP) is -0.235. The SMILES string of the molecule is CS(=O)(=O)c1cnn(-c2cccnc2/C(N)=N/O)c1. The van der Waals surface area contributed by atoms with Crippen LogP contribution in [0.1, 0.15) is 5.69 Å². The van der Waals surface area contributed by atoms with E-state index < -0.39 is 9.84 Å². The lowest BCUT2D eigenvalue weighted by Gasteiger charge is -2.06. The zero-order chi connectivity index (χ0) is 14.0. The van der Waals surface area contributed by atoms with Crippen molar-refractivity contribution in [2.75, 3.05) is 6.26 Å². The van der Waals surface area contributed by atoms with Crippen LogP contribution in [0.3, 0.4) is 0 Å². The minimum absolute atomic E-state index is 0.0711. The molecule has 0 saturated heterocycles. The van der Waals surface area contributed by atoms with E-state index in [4.69, 9.17) is 10.9 Å². The Labute approximate surface area is 109 Å². The number of aromatic nitrogens is 3. The summed E-state index contributed by atoms with van der Waals surface area (Å²) in [6.07, 6.45) is 5.11. The number of nitrogens with two attached hydrogens (primary N) is 1. The topological polar surface area (TPSA) is 123 Å². The van der Waals surface area contributed by atoms with Gasteiger partial charge < -0.3 is 10.9 Å². The largest absolute Gasteiger partial charge is 0.409 e. The van der Waals surface area contributed by atoms with Gasteiger partial charge in [0.2, 0.25) is 0 Å². The molecule has 2 heterocycles. The lowest BCUT2D eigenvalue weighted by Crippen LogP contribution is -2.18. The Morgan fingerprint density at radius 2 is 2.26 bits per heavy atom. The summed E-state index contributed by atoms with van der Waals surface area (Å²) in [6.45, 7) is 0. The highest BCUT2D eigenvalue weighted by atomic mass is 32.2. The number of pyridine rings is 1. The first-order valence-corrected chi connectivity index (χ1v) is 7.00. The number of amidine groups is 1. The van der Waals surface area contributed by atoms with Gasteiger partial charge in [-0.2, -0.15) is 5.10 Å². The van der Waals surface area contributed by atoms with E-state index in [9.17, 15) is 8.42 Å². The van der Waals surface area contributed by atoms with Crippen molar-refractivity contribution >= 4 is 15.7 Å². The molecule has 9 heteroatoms. The van der Waals surface area contributed by atoms with Gasteiger partial charge in [-0.05, 0) is 12.1 Å². The first kappa shape index (κ1) is 13.0. The number of oxime groups is 1. The van der Waals surface area contributed by atoms with Crippen molar-refractivity contribution in [2.24, 2.45) is 10.9 Å². The number of nitrogens with zero attached hydrogens (tertiary/aromatic N) is 4. The standard InChI is InChI=1S/C10H11N5O3S/c1-19(17,18)7-5-13-15(6-7)8-3-2-4-12-9(8)10(11)14-16/h2-6,16H,1H3,(H2,11,14). The molecular weight excluding hydrogens is 270 g/mol. The van der Waals surface area contributed by atoms with E-state index in [1.807, 2.05) is 0 Å². The summed E-state index contributed by atoms with van der Waals surface area (Å²) >= 11 is 0. The molecule has 2 aromatic rings. The second kappa shape index (κ2) is 4.69. The van der Waals surface area contributed by atoms with E-state index in [0.29, 0.717) is 5.69 Å². The Hall–Kier alpha value is -2.42. The van der Waals surface area contributed by atoms with Crippen LogP contribution in [0.25, 0.3) is 5.69 Å². The first-order chi connectivity index (χ1) is 8.93. The van der Waals surface area contributed by atoms with Crippen molar-refractivity contribution in [3.8, 4) is 5.69 Å². The molecular formula is C10H11N5O3S. The van der Waals surface area contributed by atoms with Crippen molar-refractivity contribution in [2.45, 2.75) is 4.90 Å². The lowest BCUT2D eigenvalue weighted by molar-refractivity contribution is 0.318. The van der Waals surface area contributed by atoms with Crippen LogP contribution < -0.4 is 5.73 Å². The molecule has 2 rings (SSSR count). The fourth-order valence-electron chi connectivity index (χ4n) is 1.46. The van der Waals surface area contributed by atoms with Gasteiger partial charge >= 0.3 is 0 Å². The quantitative estimate of drug-likeness (QED) is 0.346. The number of hydrogen-bond donors (Lipinski definition) is 2. The van der Waals surface area contributed by atoms with Gasteiger partial charge in [0.05, 0.1) is 11.9 Å². The molecule has 0 spiro atoms. The van der Waals surface area contributed by atoms with Gasteiger partial charge in [0, 0.05) is 18.6 Å². The van der Waals surface area contributed by atoms with E-state index in [2.05, 4.69) is 15.2 Å². The maximum absolute atomic E-state index is 11.4. The van der Waals surface area contributed by atoms with Crippen molar-refractivity contribution in [1.29, 1.82) is 0 Å². The van der Waals surface area contributed by atoms with Gasteiger partial charge in [0.15, 0.2) is 15.7 Å². The molecule has 0 unspecified atom stereocenters. The lowest BCUT2D eigenvalue weighted by atomic mass is 10.3. The third-order valence-corrected chi connectivity index (χ3v) is 3.44. The molecule has 0 fully saturated rings. The third kappa shape index (κ3) is 2.55. The molecule has 19 heavy (non-hydrogen) atoms. The number of hydrogen-bond acceptors (Lipinski definition) is 6. The predicted molar refractivity (Wildman–Crippen MR) is 67.0 cm³/mol. The summed E-state index contributed by atoms with van der Waals surface area (Å²) in [7, 11) is -3.34. The molecule has 0 amide bonds. The Morgan fingerprint density at radius 3 is 2.84 bits per heavy atom. The van der Waals surface area contributed by atoms with E-state index >= 15 is 0 Å². The molecule has 0 saturated carbocycles. The molecule has 2 aromatic heterocycles. The van der Waals surface area contributed by atoms with Gasteiger partial charge in [-0.1, -0.05) is 5.16 Å². The number of rotatable bonds is 3. The highest BCUT2D eigenvalue weighted by Crippen LogP contribution is 2.14. The van der Waals surface area contributed by atoms with Gasteiger partial charge in [-0.3, -0.25) is 4.98 Å². The molecule has 8 nitrogen and oxygen atoms in total. The van der Waals surface area contributed by atoms with Crippen LogP contribution in [-0.4, -0.2) is 40.5 Å². The van der Waals surface area contributed by atoms with Crippen LogP contribution in [0.4, 0.5) is 0 Å². The van der Waals surface area contributed by atoms with Crippen molar-refractivity contribution in [3.63, 3.8) is 0 Å². The molecule has 3 N–H and O–H groups in total. The molecule has 100 valence electrons. The summed E-state index contributed by atoms with van der Waals surface area (Å²) < 4.78 is 24.1. The fourth-order valence-corrected chi connectivity index (χ4v) is 1.99. The second-order valence-corrected chi connectivity index (χ2v) is 5.76. The van der Waals surface area contributed by atoms with E-state index in [-0.39, 0.29) is 16.4 Å². The molecule has 0 atom stereocenters. The average molecular weight is 281 g/mol. The van der Waals surface area contributed by atoms with Crippen LogP contribution in [0.2, 0.25) is 0 Å². The van der Waals surface area contributed by atoms with Crippen LogP contribution >= 0.6 is 0 Å². The average Bonchev–Trinajstić information content (AvgIpc) is 2.87. The number of sulfone groups is 1. The second-order valence-electron chi connectivity index (χ2n) is 3.75. The Bertz CT molecular complexity index is 735. The van der Waals surface area contributed by atoms with E-state index in [0.717, 1.165) is 6.26 Å². The maximum Gasteiger partial charge on any atom is 0.190 e. The zero-order valence-electron chi connectivity index (χ0n) is 9.92. The minimum Gasteiger partial charge on any atom is -0.409 e. The maximum atomic E-state index is 11.4.